The van der Waals surface area contributed by atoms with Crippen molar-refractivity contribution < 1.29 is 14.8 Å². The largest absolute Gasteiger partial charge is 0.508 e. The Bertz CT molecular complexity index is 855. The number of carbonyl (C=O) groups is 1. The second kappa shape index (κ2) is 8.30. The average Bonchev–Trinajstić information content (AvgIpc) is 2.68. The Kier molecular flexibility index (Phi) is 5.84. The van der Waals surface area contributed by atoms with Crippen LogP contribution in [-0.2, 0) is 4.79 Å². The monoisotopic (exact) mass is 385 g/mol. The number of phenols is 1. The first kappa shape index (κ1) is 19.0. The SMILES string of the molecule is C[C@@H](C(=O)Nc1ccc(C#N)c(Cl)c1)[NH+]1CCN(c2ccc(O)cc2)CC1. The summed E-state index contributed by atoms with van der Waals surface area (Å²) in [4.78, 5) is 16.1. The maximum absolute atomic E-state index is 12.6. The summed E-state index contributed by atoms with van der Waals surface area (Å²) in [5, 5.41) is 21.5. The highest BCUT2D eigenvalue weighted by Crippen LogP contribution is 2.20. The molecule has 2 aromatic rings. The fraction of sp³-hybridized carbons (Fsp3) is 0.300. The Labute approximate surface area is 163 Å². The number of piperazine rings is 1. The third-order valence-corrected chi connectivity index (χ3v) is 5.30. The number of aromatic hydroxyl groups is 1. The zero-order valence-corrected chi connectivity index (χ0v) is 15.8. The van der Waals surface area contributed by atoms with Crippen molar-refractivity contribution in [2.75, 3.05) is 36.4 Å². The summed E-state index contributed by atoms with van der Waals surface area (Å²) in [5.74, 6) is 0.195. The van der Waals surface area contributed by atoms with E-state index in [0.29, 0.717) is 16.3 Å². The molecule has 0 aromatic heterocycles. The lowest BCUT2D eigenvalue weighted by atomic mass is 10.1. The molecular formula is C20H22ClN4O2+. The molecule has 3 N–H and O–H groups in total. The fourth-order valence-corrected chi connectivity index (χ4v) is 3.49. The number of hydrogen-bond acceptors (Lipinski definition) is 4. The van der Waals surface area contributed by atoms with Crippen LogP contribution in [0.25, 0.3) is 0 Å². The quantitative estimate of drug-likeness (QED) is 0.747. The number of anilines is 2. The first-order valence-electron chi connectivity index (χ1n) is 8.87. The van der Waals surface area contributed by atoms with E-state index < -0.39 is 0 Å². The molecule has 0 radical (unpaired) electrons. The zero-order chi connectivity index (χ0) is 19.4. The van der Waals surface area contributed by atoms with E-state index in [9.17, 15) is 9.90 Å². The summed E-state index contributed by atoms with van der Waals surface area (Å²) in [6.07, 6.45) is 0. The lowest BCUT2D eigenvalue weighted by molar-refractivity contribution is -0.914. The van der Waals surface area contributed by atoms with Crippen molar-refractivity contribution in [3.05, 3.63) is 53.1 Å². The molecule has 3 rings (SSSR count). The highest BCUT2D eigenvalue weighted by molar-refractivity contribution is 6.32. The van der Waals surface area contributed by atoms with Gasteiger partial charge in [-0.3, -0.25) is 4.79 Å². The standard InChI is InChI=1S/C20H21ClN4O2/c1-14(20(27)23-16-3-2-15(13-22)19(21)12-16)24-8-10-25(11-9-24)17-4-6-18(26)7-5-17/h2-7,12,14,26H,8-11H2,1H3,(H,23,27)/p+1/t14-/m0/s1. The van der Waals surface area contributed by atoms with Crippen LogP contribution in [0.2, 0.25) is 5.02 Å². The Hall–Kier alpha value is -2.75. The Morgan fingerprint density at radius 1 is 1.26 bits per heavy atom. The van der Waals surface area contributed by atoms with Crippen molar-refractivity contribution >= 4 is 28.9 Å². The van der Waals surface area contributed by atoms with Crippen molar-refractivity contribution in [1.82, 2.24) is 0 Å². The predicted octanol–water partition coefficient (Wildman–Crippen LogP) is 1.65. The van der Waals surface area contributed by atoms with Crippen molar-refractivity contribution in [3.63, 3.8) is 0 Å². The summed E-state index contributed by atoms with van der Waals surface area (Å²) in [7, 11) is 0. The van der Waals surface area contributed by atoms with Gasteiger partial charge in [-0.1, -0.05) is 11.6 Å². The van der Waals surface area contributed by atoms with Gasteiger partial charge in [-0.15, -0.1) is 0 Å². The molecule has 0 bridgehead atoms. The van der Waals surface area contributed by atoms with Gasteiger partial charge in [0, 0.05) is 11.4 Å². The van der Waals surface area contributed by atoms with E-state index in [-0.39, 0.29) is 17.7 Å². The van der Waals surface area contributed by atoms with Crippen LogP contribution in [-0.4, -0.2) is 43.2 Å². The number of carbonyl (C=O) groups excluding carboxylic acids is 1. The molecule has 0 aliphatic carbocycles. The normalized spacial score (nSPS) is 15.8. The number of rotatable bonds is 4. The number of nitriles is 1. The van der Waals surface area contributed by atoms with Crippen LogP contribution < -0.4 is 15.1 Å². The number of halogens is 1. The molecule has 0 unspecified atom stereocenters. The van der Waals surface area contributed by atoms with Gasteiger partial charge < -0.3 is 20.2 Å². The van der Waals surface area contributed by atoms with Gasteiger partial charge in [0.1, 0.15) is 11.8 Å². The van der Waals surface area contributed by atoms with Gasteiger partial charge >= 0.3 is 0 Å². The molecule has 0 spiro atoms. The first-order valence-corrected chi connectivity index (χ1v) is 9.25. The van der Waals surface area contributed by atoms with E-state index in [1.54, 1.807) is 30.3 Å². The molecule has 2 aromatic carbocycles. The molecule has 1 amide bonds. The fourth-order valence-electron chi connectivity index (χ4n) is 3.27. The second-order valence-corrected chi connectivity index (χ2v) is 7.09. The van der Waals surface area contributed by atoms with Gasteiger partial charge in [0.2, 0.25) is 0 Å². The van der Waals surface area contributed by atoms with Crippen LogP contribution in [0, 0.1) is 11.3 Å². The number of nitrogens with one attached hydrogen (secondary N) is 2. The Morgan fingerprint density at radius 2 is 1.93 bits per heavy atom. The molecule has 1 heterocycles. The van der Waals surface area contributed by atoms with Gasteiger partial charge in [0.25, 0.3) is 5.91 Å². The maximum Gasteiger partial charge on any atom is 0.282 e. The highest BCUT2D eigenvalue weighted by Gasteiger charge is 2.29. The third kappa shape index (κ3) is 4.51. The summed E-state index contributed by atoms with van der Waals surface area (Å²) in [6.45, 7) is 5.32. The summed E-state index contributed by atoms with van der Waals surface area (Å²) in [5.41, 5.74) is 2.06. The van der Waals surface area contributed by atoms with Crippen LogP contribution in [0.4, 0.5) is 11.4 Å². The van der Waals surface area contributed by atoms with Crippen LogP contribution in [0.15, 0.2) is 42.5 Å². The number of amides is 1. The number of nitrogens with zero attached hydrogens (tertiary/aromatic N) is 2. The lowest BCUT2D eigenvalue weighted by Crippen LogP contribution is -3.19. The number of hydrogen-bond donors (Lipinski definition) is 3. The smallest absolute Gasteiger partial charge is 0.282 e. The number of phenolic OH excluding ortho intramolecular Hbond substituents is 1. The van der Waals surface area contributed by atoms with Gasteiger partial charge in [-0.05, 0) is 49.4 Å². The Morgan fingerprint density at radius 3 is 2.52 bits per heavy atom. The molecule has 1 atom stereocenters. The van der Waals surface area contributed by atoms with Gasteiger partial charge in [-0.25, -0.2) is 0 Å². The van der Waals surface area contributed by atoms with Crippen LogP contribution in [0.3, 0.4) is 0 Å². The third-order valence-electron chi connectivity index (χ3n) is 4.98. The van der Waals surface area contributed by atoms with E-state index in [1.807, 2.05) is 25.1 Å². The van der Waals surface area contributed by atoms with E-state index in [1.165, 1.54) is 4.90 Å². The van der Waals surface area contributed by atoms with Crippen LogP contribution in [0.5, 0.6) is 5.75 Å². The summed E-state index contributed by atoms with van der Waals surface area (Å²) < 4.78 is 0. The van der Waals surface area contributed by atoms with Gasteiger partial charge in [0.15, 0.2) is 6.04 Å². The molecular weight excluding hydrogens is 364 g/mol. The van der Waals surface area contributed by atoms with Crippen molar-refractivity contribution in [1.29, 1.82) is 5.26 Å². The minimum absolute atomic E-state index is 0.0659. The number of benzene rings is 2. The van der Waals surface area contributed by atoms with Crippen molar-refractivity contribution in [3.8, 4) is 11.8 Å². The minimum atomic E-state index is -0.193. The molecule has 1 aliphatic rings. The maximum atomic E-state index is 12.6. The zero-order valence-electron chi connectivity index (χ0n) is 15.1. The minimum Gasteiger partial charge on any atom is -0.508 e. The van der Waals surface area contributed by atoms with Gasteiger partial charge in [0.05, 0.1) is 36.8 Å². The van der Waals surface area contributed by atoms with Crippen molar-refractivity contribution in [2.24, 2.45) is 0 Å². The van der Waals surface area contributed by atoms with Gasteiger partial charge in [-0.2, -0.15) is 5.26 Å². The van der Waals surface area contributed by atoms with E-state index >= 15 is 0 Å². The van der Waals surface area contributed by atoms with Crippen LogP contribution >= 0.6 is 11.6 Å². The lowest BCUT2D eigenvalue weighted by Gasteiger charge is -2.36. The number of quaternary nitrogens is 1. The van der Waals surface area contributed by atoms with Crippen LogP contribution in [0.1, 0.15) is 12.5 Å². The molecule has 7 heteroatoms. The van der Waals surface area contributed by atoms with Crippen molar-refractivity contribution in [2.45, 2.75) is 13.0 Å². The van der Waals surface area contributed by atoms with E-state index in [2.05, 4.69) is 10.2 Å². The topological polar surface area (TPSA) is 80.8 Å². The average molecular weight is 386 g/mol. The molecule has 6 nitrogen and oxygen atoms in total. The molecule has 140 valence electrons. The molecule has 0 saturated carbocycles. The Balaban J connectivity index is 1.56. The second-order valence-electron chi connectivity index (χ2n) is 6.68. The molecule has 27 heavy (non-hydrogen) atoms. The first-order chi connectivity index (χ1) is 13.0. The summed E-state index contributed by atoms with van der Waals surface area (Å²) in [6, 6.07) is 13.9. The highest BCUT2D eigenvalue weighted by atomic mass is 35.5. The van der Waals surface area contributed by atoms with E-state index in [4.69, 9.17) is 16.9 Å². The summed E-state index contributed by atoms with van der Waals surface area (Å²) >= 11 is 6.03. The predicted molar refractivity (Wildman–Crippen MR) is 105 cm³/mol. The molecule has 1 fully saturated rings. The molecule has 1 saturated heterocycles. The molecule has 1 aliphatic heterocycles. The van der Waals surface area contributed by atoms with E-state index in [0.717, 1.165) is 31.9 Å².